The van der Waals surface area contributed by atoms with E-state index in [-0.39, 0.29) is 0 Å². The van der Waals surface area contributed by atoms with Crippen molar-refractivity contribution in [3.63, 3.8) is 0 Å². The van der Waals surface area contributed by atoms with Crippen molar-refractivity contribution in [3.05, 3.63) is 40.8 Å². The molecule has 0 amide bonds. The summed E-state index contributed by atoms with van der Waals surface area (Å²) < 4.78 is 11.9. The van der Waals surface area contributed by atoms with E-state index in [1.165, 1.54) is 25.7 Å². The summed E-state index contributed by atoms with van der Waals surface area (Å²) in [7, 11) is 0. The normalized spacial score (nSPS) is 29.6. The number of anilines is 1. The molecular formula is C19H22N2O2S. The lowest BCUT2D eigenvalue weighted by Crippen LogP contribution is -2.68. The number of ether oxygens (including phenoxy) is 2. The van der Waals surface area contributed by atoms with E-state index in [4.69, 9.17) is 9.47 Å². The van der Waals surface area contributed by atoms with Crippen LogP contribution < -0.4 is 10.1 Å². The molecule has 3 atom stereocenters. The fraction of sp³-hybridized carbons (Fsp3) is 0.526. The van der Waals surface area contributed by atoms with Crippen LogP contribution in [0.25, 0.3) is 0 Å². The zero-order chi connectivity index (χ0) is 16.0. The molecule has 1 N–H and O–H groups in total. The highest BCUT2D eigenvalue weighted by Gasteiger charge is 2.66. The average molecular weight is 342 g/mol. The molecule has 5 rings (SSSR count). The van der Waals surface area contributed by atoms with Gasteiger partial charge in [0.2, 0.25) is 0 Å². The van der Waals surface area contributed by atoms with Crippen LogP contribution in [0.3, 0.4) is 0 Å². The summed E-state index contributed by atoms with van der Waals surface area (Å²) in [4.78, 5) is 4.26. The van der Waals surface area contributed by atoms with Crippen LogP contribution >= 0.6 is 11.3 Å². The van der Waals surface area contributed by atoms with Gasteiger partial charge >= 0.3 is 0 Å². The van der Waals surface area contributed by atoms with E-state index in [9.17, 15) is 0 Å². The van der Waals surface area contributed by atoms with Gasteiger partial charge in [-0.15, -0.1) is 11.3 Å². The van der Waals surface area contributed by atoms with Gasteiger partial charge < -0.3 is 14.8 Å². The topological polar surface area (TPSA) is 43.4 Å². The molecule has 1 spiro atoms. The first-order valence-corrected chi connectivity index (χ1v) is 9.77. The van der Waals surface area contributed by atoms with Crippen molar-refractivity contribution in [2.75, 3.05) is 11.9 Å². The molecule has 24 heavy (non-hydrogen) atoms. The van der Waals surface area contributed by atoms with Crippen molar-refractivity contribution in [1.29, 1.82) is 0 Å². The number of aromatic nitrogens is 1. The molecule has 0 unspecified atom stereocenters. The summed E-state index contributed by atoms with van der Waals surface area (Å²) in [6.07, 6.45) is 5.68. The van der Waals surface area contributed by atoms with Gasteiger partial charge in [0.15, 0.2) is 0 Å². The molecule has 1 aromatic heterocycles. The Morgan fingerprint density at radius 1 is 1.38 bits per heavy atom. The minimum atomic E-state index is 0.401. The lowest BCUT2D eigenvalue weighted by atomic mass is 9.46. The lowest BCUT2D eigenvalue weighted by Gasteiger charge is -2.63. The Kier molecular flexibility index (Phi) is 3.52. The Labute approximate surface area is 146 Å². The van der Waals surface area contributed by atoms with Gasteiger partial charge in [-0.3, -0.25) is 0 Å². The summed E-state index contributed by atoms with van der Waals surface area (Å²) in [6, 6.07) is 8.90. The van der Waals surface area contributed by atoms with Gasteiger partial charge in [-0.25, -0.2) is 4.98 Å². The Balaban J connectivity index is 1.28. The number of hydrogen-bond acceptors (Lipinski definition) is 5. The third-order valence-corrected chi connectivity index (χ3v) is 6.70. The van der Waals surface area contributed by atoms with Crippen molar-refractivity contribution < 1.29 is 9.47 Å². The van der Waals surface area contributed by atoms with Gasteiger partial charge in [-0.1, -0.05) is 12.5 Å². The van der Waals surface area contributed by atoms with E-state index in [1.54, 1.807) is 11.3 Å². The third-order valence-electron chi connectivity index (χ3n) is 6.06. The van der Waals surface area contributed by atoms with Crippen LogP contribution in [-0.2, 0) is 11.3 Å². The maximum absolute atomic E-state index is 6.01. The number of fused-ring (bicyclic) bond motifs is 2. The molecule has 2 saturated carbocycles. The zero-order valence-electron chi connectivity index (χ0n) is 13.6. The van der Waals surface area contributed by atoms with Crippen molar-refractivity contribution in [3.8, 4) is 5.75 Å². The van der Waals surface area contributed by atoms with Crippen molar-refractivity contribution in [2.24, 2.45) is 11.3 Å². The van der Waals surface area contributed by atoms with Crippen LogP contribution in [-0.4, -0.2) is 23.7 Å². The van der Waals surface area contributed by atoms with Crippen LogP contribution in [0.1, 0.15) is 31.4 Å². The van der Waals surface area contributed by atoms with Gasteiger partial charge in [0.25, 0.3) is 0 Å². The molecule has 2 aliphatic carbocycles. The molecule has 126 valence electrons. The molecule has 2 aromatic rings. The maximum atomic E-state index is 6.01. The first kappa shape index (κ1) is 14.7. The monoisotopic (exact) mass is 342 g/mol. The standard InChI is InChI=1S/C19H22N2O2S/c1-3-13(9-15(4-1)23-10-14-11-24-12-20-14)21-17-16-5-8-22-18(16)19(17)6-2-7-19/h1,3-4,9,11-12,16-18,21H,2,5-8,10H2/t16-,17+,18-/m0/s1. The van der Waals surface area contributed by atoms with E-state index in [1.807, 2.05) is 17.0 Å². The summed E-state index contributed by atoms with van der Waals surface area (Å²) in [5.74, 6) is 1.58. The van der Waals surface area contributed by atoms with Gasteiger partial charge in [-0.05, 0) is 31.4 Å². The van der Waals surface area contributed by atoms with E-state index >= 15 is 0 Å². The molecule has 3 fully saturated rings. The molecule has 4 nitrogen and oxygen atoms in total. The van der Waals surface area contributed by atoms with Gasteiger partial charge in [0, 0.05) is 41.1 Å². The SMILES string of the molecule is c1cc(N[C@@H]2[C@@H]3CCO[C@@H]3C23CCC3)cc(OCc2cscn2)c1. The fourth-order valence-corrected chi connectivity index (χ4v) is 5.32. The number of nitrogens with zero attached hydrogens (tertiary/aromatic N) is 1. The molecule has 2 heterocycles. The maximum Gasteiger partial charge on any atom is 0.131 e. The Morgan fingerprint density at radius 3 is 3.12 bits per heavy atom. The van der Waals surface area contributed by atoms with E-state index in [0.717, 1.165) is 23.7 Å². The van der Waals surface area contributed by atoms with Crippen LogP contribution in [0.2, 0.25) is 0 Å². The second-order valence-corrected chi connectivity index (χ2v) is 7.97. The molecule has 1 aromatic carbocycles. The number of nitrogens with one attached hydrogen (secondary N) is 1. The van der Waals surface area contributed by atoms with Crippen molar-refractivity contribution in [2.45, 2.75) is 44.4 Å². The van der Waals surface area contributed by atoms with E-state index in [0.29, 0.717) is 30.1 Å². The zero-order valence-corrected chi connectivity index (χ0v) is 14.4. The molecular weight excluding hydrogens is 320 g/mol. The quantitative estimate of drug-likeness (QED) is 0.889. The fourth-order valence-electron chi connectivity index (χ4n) is 4.78. The van der Waals surface area contributed by atoms with E-state index < -0.39 is 0 Å². The number of thiazole rings is 1. The predicted molar refractivity (Wildman–Crippen MR) is 94.4 cm³/mol. The first-order chi connectivity index (χ1) is 11.9. The highest BCUT2D eigenvalue weighted by Crippen LogP contribution is 2.63. The van der Waals surface area contributed by atoms with Gasteiger partial charge in [-0.2, -0.15) is 0 Å². The number of hydrogen-bond donors (Lipinski definition) is 1. The lowest BCUT2D eigenvalue weighted by molar-refractivity contribution is -0.158. The Bertz CT molecular complexity index is 714. The van der Waals surface area contributed by atoms with Crippen LogP contribution in [0.15, 0.2) is 35.2 Å². The molecule has 1 saturated heterocycles. The number of rotatable bonds is 5. The molecule has 0 radical (unpaired) electrons. The summed E-state index contributed by atoms with van der Waals surface area (Å²) in [6.45, 7) is 1.46. The average Bonchev–Trinajstić information content (AvgIpc) is 3.20. The van der Waals surface area contributed by atoms with Crippen molar-refractivity contribution in [1.82, 2.24) is 4.98 Å². The van der Waals surface area contributed by atoms with Gasteiger partial charge in [0.05, 0.1) is 17.3 Å². The predicted octanol–water partition coefficient (Wildman–Crippen LogP) is 4.09. The van der Waals surface area contributed by atoms with Crippen LogP contribution in [0.5, 0.6) is 5.75 Å². The number of benzene rings is 1. The van der Waals surface area contributed by atoms with E-state index in [2.05, 4.69) is 28.5 Å². The second kappa shape index (κ2) is 5.74. The van der Waals surface area contributed by atoms with Crippen LogP contribution in [0, 0.1) is 11.3 Å². The highest BCUT2D eigenvalue weighted by molar-refractivity contribution is 7.07. The first-order valence-electron chi connectivity index (χ1n) is 8.83. The molecule has 5 heteroatoms. The summed E-state index contributed by atoms with van der Waals surface area (Å²) in [5.41, 5.74) is 4.38. The molecule has 3 aliphatic rings. The highest BCUT2D eigenvalue weighted by atomic mass is 32.1. The summed E-state index contributed by atoms with van der Waals surface area (Å²) >= 11 is 1.60. The molecule has 0 bridgehead atoms. The second-order valence-electron chi connectivity index (χ2n) is 7.25. The van der Waals surface area contributed by atoms with Crippen LogP contribution in [0.4, 0.5) is 5.69 Å². The Hall–Kier alpha value is -1.59. The van der Waals surface area contributed by atoms with Gasteiger partial charge in [0.1, 0.15) is 12.4 Å². The molecule has 1 aliphatic heterocycles. The minimum Gasteiger partial charge on any atom is -0.487 e. The minimum absolute atomic E-state index is 0.401. The smallest absolute Gasteiger partial charge is 0.131 e. The Morgan fingerprint density at radius 2 is 2.33 bits per heavy atom. The third kappa shape index (κ3) is 2.25. The van der Waals surface area contributed by atoms with Crippen molar-refractivity contribution >= 4 is 17.0 Å². The largest absolute Gasteiger partial charge is 0.487 e. The summed E-state index contributed by atoms with van der Waals surface area (Å²) in [5, 5.41) is 5.83.